The standard InChI is InChI=1S/C23H28N6O2/c1-15-6-8-16(9-7-15)25-23-27-21(26-22(24)28-23)14-29-12-4-5-19(29)18-11-10-17(30-2)13-20(18)31-3/h6-11,13,19H,4-5,12,14H2,1-3H3,(H3,24,25,26,27,28)/p+1/t19-/m1/s1. The molecule has 2 atom stereocenters. The van der Waals surface area contributed by atoms with Crippen molar-refractivity contribution in [2.24, 2.45) is 0 Å². The van der Waals surface area contributed by atoms with Gasteiger partial charge in [0.25, 0.3) is 0 Å². The van der Waals surface area contributed by atoms with Crippen LogP contribution in [0.2, 0.25) is 0 Å². The summed E-state index contributed by atoms with van der Waals surface area (Å²) in [6.07, 6.45) is 2.21. The van der Waals surface area contributed by atoms with E-state index in [0.29, 0.717) is 24.4 Å². The van der Waals surface area contributed by atoms with E-state index in [2.05, 4.69) is 33.3 Å². The molecule has 2 heterocycles. The first-order chi connectivity index (χ1) is 15.1. The highest BCUT2D eigenvalue weighted by molar-refractivity contribution is 5.54. The second-order valence-electron chi connectivity index (χ2n) is 7.81. The van der Waals surface area contributed by atoms with Crippen molar-refractivity contribution in [2.45, 2.75) is 32.4 Å². The van der Waals surface area contributed by atoms with Crippen molar-refractivity contribution in [3.05, 3.63) is 59.4 Å². The number of nitrogens with zero attached hydrogens (tertiary/aromatic N) is 3. The van der Waals surface area contributed by atoms with E-state index in [-0.39, 0.29) is 5.95 Å². The summed E-state index contributed by atoms with van der Waals surface area (Å²) in [5.41, 5.74) is 9.27. The van der Waals surface area contributed by atoms with E-state index in [4.69, 9.17) is 15.2 Å². The first-order valence-corrected chi connectivity index (χ1v) is 10.5. The zero-order valence-electron chi connectivity index (χ0n) is 18.2. The lowest BCUT2D eigenvalue weighted by atomic mass is 10.0. The molecule has 31 heavy (non-hydrogen) atoms. The largest absolute Gasteiger partial charge is 0.497 e. The fourth-order valence-electron chi connectivity index (χ4n) is 4.15. The maximum absolute atomic E-state index is 5.99. The molecule has 0 radical (unpaired) electrons. The molecular weight excluding hydrogens is 392 g/mol. The highest BCUT2D eigenvalue weighted by Crippen LogP contribution is 2.31. The number of hydrogen-bond donors (Lipinski definition) is 3. The molecule has 0 saturated carbocycles. The minimum Gasteiger partial charge on any atom is -0.497 e. The molecule has 1 fully saturated rings. The number of ether oxygens (including phenoxy) is 2. The molecule has 0 bridgehead atoms. The number of hydrogen-bond acceptors (Lipinski definition) is 7. The van der Waals surface area contributed by atoms with Crippen LogP contribution in [-0.2, 0) is 6.54 Å². The van der Waals surface area contributed by atoms with Gasteiger partial charge in [0.2, 0.25) is 11.9 Å². The average molecular weight is 422 g/mol. The van der Waals surface area contributed by atoms with E-state index in [1.54, 1.807) is 14.2 Å². The van der Waals surface area contributed by atoms with Gasteiger partial charge >= 0.3 is 0 Å². The fraction of sp³-hybridized carbons (Fsp3) is 0.348. The molecule has 1 aliphatic heterocycles. The van der Waals surface area contributed by atoms with E-state index in [0.717, 1.165) is 36.6 Å². The minimum atomic E-state index is 0.219. The van der Waals surface area contributed by atoms with Gasteiger partial charge in [-0.15, -0.1) is 0 Å². The lowest BCUT2D eigenvalue weighted by Crippen LogP contribution is -3.09. The van der Waals surface area contributed by atoms with Crippen LogP contribution in [0.4, 0.5) is 17.6 Å². The highest BCUT2D eigenvalue weighted by Gasteiger charge is 2.33. The molecule has 0 spiro atoms. The summed E-state index contributed by atoms with van der Waals surface area (Å²) in [4.78, 5) is 14.7. The molecular formula is C23H29N6O2+. The average Bonchev–Trinajstić information content (AvgIpc) is 3.22. The van der Waals surface area contributed by atoms with Crippen LogP contribution in [0, 0.1) is 6.92 Å². The number of rotatable bonds is 7. The predicted octanol–water partition coefficient (Wildman–Crippen LogP) is 2.44. The summed E-state index contributed by atoms with van der Waals surface area (Å²) >= 11 is 0. The molecule has 1 unspecified atom stereocenters. The van der Waals surface area contributed by atoms with Gasteiger partial charge in [-0.25, -0.2) is 0 Å². The van der Waals surface area contributed by atoms with Gasteiger partial charge in [-0.2, -0.15) is 15.0 Å². The third-order valence-corrected chi connectivity index (χ3v) is 5.69. The molecule has 0 amide bonds. The fourth-order valence-corrected chi connectivity index (χ4v) is 4.15. The van der Waals surface area contributed by atoms with Crippen molar-refractivity contribution in [1.29, 1.82) is 0 Å². The third kappa shape index (κ3) is 4.86. The van der Waals surface area contributed by atoms with Crippen LogP contribution < -0.4 is 25.4 Å². The molecule has 8 heteroatoms. The molecule has 3 aromatic rings. The van der Waals surface area contributed by atoms with Gasteiger partial charge in [0.05, 0.1) is 26.3 Å². The van der Waals surface area contributed by atoms with Crippen molar-refractivity contribution >= 4 is 17.6 Å². The van der Waals surface area contributed by atoms with E-state index in [1.807, 2.05) is 36.4 Å². The summed E-state index contributed by atoms with van der Waals surface area (Å²) in [5.74, 6) is 3.00. The quantitative estimate of drug-likeness (QED) is 0.539. The molecule has 8 nitrogen and oxygen atoms in total. The Labute approximate surface area is 182 Å². The van der Waals surface area contributed by atoms with Crippen LogP contribution in [0.25, 0.3) is 0 Å². The summed E-state index contributed by atoms with van der Waals surface area (Å²) in [5, 5.41) is 3.23. The topological polar surface area (TPSA) is 99.6 Å². The lowest BCUT2D eigenvalue weighted by Gasteiger charge is -2.23. The Kier molecular flexibility index (Phi) is 6.18. The Balaban J connectivity index is 1.54. The van der Waals surface area contributed by atoms with Crippen molar-refractivity contribution in [3.8, 4) is 11.5 Å². The first-order valence-electron chi connectivity index (χ1n) is 10.5. The van der Waals surface area contributed by atoms with Crippen LogP contribution in [0.1, 0.15) is 35.8 Å². The number of nitrogens with one attached hydrogen (secondary N) is 2. The van der Waals surface area contributed by atoms with E-state index >= 15 is 0 Å². The molecule has 1 saturated heterocycles. The van der Waals surface area contributed by atoms with Gasteiger partial charge in [0.15, 0.2) is 5.82 Å². The smallest absolute Gasteiger partial charge is 0.232 e. The zero-order valence-corrected chi connectivity index (χ0v) is 18.2. The number of anilines is 3. The molecule has 1 aliphatic rings. The number of benzene rings is 2. The maximum atomic E-state index is 5.99. The number of nitrogens with two attached hydrogens (primary N) is 1. The Morgan fingerprint density at radius 1 is 1.06 bits per heavy atom. The molecule has 0 aliphatic carbocycles. The molecule has 162 valence electrons. The number of aromatic nitrogens is 3. The van der Waals surface area contributed by atoms with Gasteiger partial charge in [-0.1, -0.05) is 17.7 Å². The van der Waals surface area contributed by atoms with Gasteiger partial charge in [0.1, 0.15) is 24.1 Å². The SMILES string of the molecule is COc1ccc([C@H]2CCC[NH+]2Cc2nc(N)nc(Nc3ccc(C)cc3)n2)c(OC)c1. The number of likely N-dealkylation sites (tertiary alicyclic amines) is 1. The minimum absolute atomic E-state index is 0.219. The molecule has 4 N–H and O–H groups in total. The monoisotopic (exact) mass is 421 g/mol. The second-order valence-corrected chi connectivity index (χ2v) is 7.81. The number of nitrogen functional groups attached to an aromatic ring is 1. The summed E-state index contributed by atoms with van der Waals surface area (Å²) in [6, 6.07) is 14.4. The summed E-state index contributed by atoms with van der Waals surface area (Å²) in [7, 11) is 3.36. The van der Waals surface area contributed by atoms with Gasteiger partial charge < -0.3 is 25.4 Å². The van der Waals surface area contributed by atoms with Crippen molar-refractivity contribution in [3.63, 3.8) is 0 Å². The van der Waals surface area contributed by atoms with Crippen LogP contribution in [0.5, 0.6) is 11.5 Å². The van der Waals surface area contributed by atoms with Crippen molar-refractivity contribution in [1.82, 2.24) is 15.0 Å². The normalized spacial score (nSPS) is 18.0. The maximum Gasteiger partial charge on any atom is 0.232 e. The first kappa shape index (κ1) is 20.9. The highest BCUT2D eigenvalue weighted by atomic mass is 16.5. The van der Waals surface area contributed by atoms with Crippen LogP contribution in [0.3, 0.4) is 0 Å². The second kappa shape index (κ2) is 9.18. The van der Waals surface area contributed by atoms with Crippen molar-refractivity contribution < 1.29 is 14.4 Å². The van der Waals surface area contributed by atoms with Crippen LogP contribution >= 0.6 is 0 Å². The number of methoxy groups -OCH3 is 2. The molecule has 4 rings (SSSR count). The Hall–Kier alpha value is -3.39. The van der Waals surface area contributed by atoms with Gasteiger partial charge in [-0.05, 0) is 31.2 Å². The summed E-state index contributed by atoms with van der Waals surface area (Å²) in [6.45, 7) is 3.75. The van der Waals surface area contributed by atoms with E-state index < -0.39 is 0 Å². The Morgan fingerprint density at radius 2 is 1.87 bits per heavy atom. The Bertz CT molecular complexity index is 1040. The molecule has 1 aromatic heterocycles. The number of aryl methyl sites for hydroxylation is 1. The van der Waals surface area contributed by atoms with Gasteiger partial charge in [-0.3, -0.25) is 0 Å². The van der Waals surface area contributed by atoms with Crippen LogP contribution in [0.15, 0.2) is 42.5 Å². The van der Waals surface area contributed by atoms with Crippen LogP contribution in [-0.4, -0.2) is 35.7 Å². The zero-order chi connectivity index (χ0) is 21.8. The molecule has 2 aromatic carbocycles. The third-order valence-electron chi connectivity index (χ3n) is 5.69. The lowest BCUT2D eigenvalue weighted by molar-refractivity contribution is -0.932. The summed E-state index contributed by atoms with van der Waals surface area (Å²) < 4.78 is 11.0. The van der Waals surface area contributed by atoms with E-state index in [9.17, 15) is 0 Å². The van der Waals surface area contributed by atoms with E-state index in [1.165, 1.54) is 16.0 Å². The van der Waals surface area contributed by atoms with Gasteiger partial charge in [0, 0.05) is 24.6 Å². The Morgan fingerprint density at radius 3 is 2.61 bits per heavy atom. The predicted molar refractivity (Wildman–Crippen MR) is 120 cm³/mol. The number of quaternary nitrogens is 1. The van der Waals surface area contributed by atoms with Crippen molar-refractivity contribution in [2.75, 3.05) is 31.8 Å².